The van der Waals surface area contributed by atoms with Crippen LogP contribution >= 0.6 is 46.4 Å². The van der Waals surface area contributed by atoms with E-state index in [9.17, 15) is 19.5 Å². The van der Waals surface area contributed by atoms with Crippen molar-refractivity contribution in [3.63, 3.8) is 0 Å². The molecule has 13 heteroatoms. The first-order chi connectivity index (χ1) is 18.2. The average Bonchev–Trinajstić information content (AvgIpc) is 3.38. The Bertz CT molecular complexity index is 1330. The van der Waals surface area contributed by atoms with Gasteiger partial charge in [-0.15, -0.1) is 0 Å². The van der Waals surface area contributed by atoms with Crippen LogP contribution in [-0.4, -0.2) is 62.4 Å². The van der Waals surface area contributed by atoms with Crippen LogP contribution in [0.25, 0.3) is 22.7 Å². The van der Waals surface area contributed by atoms with Crippen molar-refractivity contribution in [2.75, 3.05) is 24.5 Å². The lowest BCUT2D eigenvalue weighted by molar-refractivity contribution is -0.124. The summed E-state index contributed by atoms with van der Waals surface area (Å²) in [4.78, 5) is 42.5. The van der Waals surface area contributed by atoms with Crippen LogP contribution in [0.3, 0.4) is 0 Å². The summed E-state index contributed by atoms with van der Waals surface area (Å²) in [7, 11) is 0. The Balaban J connectivity index is 1.55. The minimum absolute atomic E-state index is 0.000515. The van der Waals surface area contributed by atoms with Gasteiger partial charge in [0.05, 0.1) is 10.0 Å². The maximum absolute atomic E-state index is 12.9. The number of nitrogens with zero attached hydrogens (tertiary/aromatic N) is 4. The third kappa shape index (κ3) is 6.40. The summed E-state index contributed by atoms with van der Waals surface area (Å²) >= 11 is 24.4. The summed E-state index contributed by atoms with van der Waals surface area (Å²) in [5.74, 6) is -0.891. The Morgan fingerprint density at radius 1 is 1.13 bits per heavy atom. The monoisotopic (exact) mass is 598 g/mol. The van der Waals surface area contributed by atoms with E-state index in [2.05, 4.69) is 10.1 Å². The molecule has 1 unspecified atom stereocenters. The minimum atomic E-state index is -1.36. The lowest BCUT2D eigenvalue weighted by Gasteiger charge is -2.30. The van der Waals surface area contributed by atoms with Crippen LogP contribution in [0.15, 0.2) is 47.1 Å². The number of anilines is 1. The second kappa shape index (κ2) is 12.3. The molecule has 1 saturated heterocycles. The molecule has 1 N–H and O–H groups in total. The van der Waals surface area contributed by atoms with Crippen molar-refractivity contribution in [2.24, 2.45) is 5.92 Å². The van der Waals surface area contributed by atoms with Gasteiger partial charge in [0, 0.05) is 55.5 Å². The second-order valence-electron chi connectivity index (χ2n) is 8.65. The van der Waals surface area contributed by atoms with Gasteiger partial charge >= 0.3 is 6.09 Å². The predicted molar refractivity (Wildman–Crippen MR) is 145 cm³/mol. The summed E-state index contributed by atoms with van der Waals surface area (Å²) in [5, 5.41) is 14.1. The number of carbonyl (C=O) groups excluding carboxylic acids is 2. The third-order valence-electron chi connectivity index (χ3n) is 6.22. The highest BCUT2D eigenvalue weighted by Gasteiger charge is 2.30. The first-order valence-corrected chi connectivity index (χ1v) is 13.3. The zero-order chi connectivity index (χ0) is 27.4. The lowest BCUT2D eigenvalue weighted by atomic mass is 9.92. The van der Waals surface area contributed by atoms with Crippen LogP contribution in [-0.2, 0) is 9.59 Å². The number of halogens is 4. The second-order valence-corrected chi connectivity index (χ2v) is 10.6. The summed E-state index contributed by atoms with van der Waals surface area (Å²) in [6.45, 7) is 0.533. The fourth-order valence-electron chi connectivity index (χ4n) is 4.30. The van der Waals surface area contributed by atoms with Crippen LogP contribution < -0.4 is 4.90 Å². The first-order valence-electron chi connectivity index (χ1n) is 11.6. The number of ketones is 1. The molecule has 0 spiro atoms. The van der Waals surface area contributed by atoms with Gasteiger partial charge in [-0.05, 0) is 37.1 Å². The molecule has 9 nitrogen and oxygen atoms in total. The van der Waals surface area contributed by atoms with Gasteiger partial charge in [-0.3, -0.25) is 14.6 Å². The van der Waals surface area contributed by atoms with Crippen molar-refractivity contribution >= 4 is 69.9 Å². The van der Waals surface area contributed by atoms with Gasteiger partial charge in [0.25, 0.3) is 5.91 Å². The van der Waals surface area contributed by atoms with Crippen LogP contribution in [0, 0.1) is 5.92 Å². The topological polar surface area (TPSA) is 117 Å². The molecular formula is C25H22Cl4N4O5. The normalized spacial score (nSPS) is 15.5. The van der Waals surface area contributed by atoms with Crippen molar-refractivity contribution in [3.05, 3.63) is 52.6 Å². The largest absolute Gasteiger partial charge is 0.465 e. The zero-order valence-corrected chi connectivity index (χ0v) is 22.8. The van der Waals surface area contributed by atoms with Crippen molar-refractivity contribution in [3.8, 4) is 22.7 Å². The van der Waals surface area contributed by atoms with E-state index >= 15 is 0 Å². The molecule has 0 radical (unpaired) electrons. The fourth-order valence-corrected chi connectivity index (χ4v) is 5.13. The Morgan fingerprint density at radius 3 is 2.55 bits per heavy atom. The highest BCUT2D eigenvalue weighted by Crippen LogP contribution is 2.36. The number of hydrogen-bond donors (Lipinski definition) is 1. The number of likely N-dealkylation sites (tertiary alicyclic amines) is 1. The van der Waals surface area contributed by atoms with E-state index in [1.807, 2.05) is 0 Å². The Labute approximate surface area is 238 Å². The molecule has 0 aliphatic carbocycles. The van der Waals surface area contributed by atoms with Crippen molar-refractivity contribution in [2.45, 2.75) is 24.1 Å². The van der Waals surface area contributed by atoms with E-state index in [1.165, 1.54) is 16.0 Å². The lowest BCUT2D eigenvalue weighted by Crippen LogP contribution is -2.43. The minimum Gasteiger partial charge on any atom is -0.465 e. The summed E-state index contributed by atoms with van der Waals surface area (Å²) in [5.41, 5.74) is 1.67. The number of benzene rings is 1. The van der Waals surface area contributed by atoms with Crippen LogP contribution in [0.2, 0.25) is 10.0 Å². The molecule has 1 atom stereocenters. The maximum Gasteiger partial charge on any atom is 0.407 e. The van der Waals surface area contributed by atoms with Gasteiger partial charge in [0.1, 0.15) is 17.2 Å². The molecule has 0 bridgehead atoms. The standard InChI is InChI=1S/C25H22Cl4N4O5/c26-16-4-1-5-17(27)22(16)19-12-21(38-31-19)18-11-15(6-8-30-18)33(24(35)23(28)29)10-7-20(34)14-3-2-9-32(13-14)25(36)37/h1,4-6,8,11-12,14,23H,2-3,7,9-10,13H2,(H,36,37). The van der Waals surface area contributed by atoms with Gasteiger partial charge in [0.15, 0.2) is 10.6 Å². The molecule has 2 amide bonds. The zero-order valence-electron chi connectivity index (χ0n) is 19.8. The van der Waals surface area contributed by atoms with E-state index in [-0.39, 0.29) is 25.3 Å². The summed E-state index contributed by atoms with van der Waals surface area (Å²) < 4.78 is 5.47. The predicted octanol–water partition coefficient (Wildman–Crippen LogP) is 6.20. The quantitative estimate of drug-likeness (QED) is 0.306. The molecule has 4 rings (SSSR count). The number of hydrogen-bond acceptors (Lipinski definition) is 6. The SMILES string of the molecule is O=C(CCN(C(=O)C(Cl)Cl)c1ccnc(-c2cc(-c3c(Cl)cccc3Cl)no2)c1)C1CCCN(C(=O)O)C1. The molecule has 1 aliphatic rings. The molecule has 1 aliphatic heterocycles. The van der Waals surface area contributed by atoms with E-state index in [4.69, 9.17) is 50.9 Å². The number of carboxylic acid groups (broad SMARTS) is 1. The van der Waals surface area contributed by atoms with E-state index in [1.54, 1.807) is 36.4 Å². The van der Waals surface area contributed by atoms with Crippen LogP contribution in [0.1, 0.15) is 19.3 Å². The van der Waals surface area contributed by atoms with E-state index in [0.717, 1.165) is 0 Å². The van der Waals surface area contributed by atoms with E-state index in [0.29, 0.717) is 57.8 Å². The number of Topliss-reactive ketones (excluding diaryl/α,β-unsaturated/α-hetero) is 1. The first kappa shape index (κ1) is 28.2. The van der Waals surface area contributed by atoms with Gasteiger partial charge in [-0.1, -0.05) is 57.6 Å². The number of pyridine rings is 1. The average molecular weight is 600 g/mol. The molecule has 3 aromatic rings. The van der Waals surface area contributed by atoms with Crippen LogP contribution in [0.4, 0.5) is 10.5 Å². The molecule has 1 fully saturated rings. The van der Waals surface area contributed by atoms with Gasteiger partial charge in [-0.2, -0.15) is 0 Å². The van der Waals surface area contributed by atoms with Gasteiger partial charge < -0.3 is 19.4 Å². The number of alkyl halides is 2. The summed E-state index contributed by atoms with van der Waals surface area (Å²) in [6, 6.07) is 9.87. The van der Waals surface area contributed by atoms with Crippen molar-refractivity contribution in [1.29, 1.82) is 0 Å². The van der Waals surface area contributed by atoms with Gasteiger partial charge in [0.2, 0.25) is 0 Å². The Morgan fingerprint density at radius 2 is 1.87 bits per heavy atom. The summed E-state index contributed by atoms with van der Waals surface area (Å²) in [6.07, 6.45) is 1.61. The number of carbonyl (C=O) groups is 3. The molecule has 38 heavy (non-hydrogen) atoms. The molecule has 200 valence electrons. The Kier molecular flexibility index (Phi) is 9.15. The maximum atomic E-state index is 12.9. The van der Waals surface area contributed by atoms with E-state index < -0.39 is 22.8 Å². The van der Waals surface area contributed by atoms with Crippen LogP contribution in [0.5, 0.6) is 0 Å². The molecule has 1 aromatic carbocycles. The smallest absolute Gasteiger partial charge is 0.407 e. The highest BCUT2D eigenvalue weighted by molar-refractivity contribution is 6.54. The fraction of sp³-hybridized carbons (Fsp3) is 0.320. The number of aromatic nitrogens is 2. The van der Waals surface area contributed by atoms with Crippen molar-refractivity contribution < 1.29 is 24.0 Å². The van der Waals surface area contributed by atoms with Gasteiger partial charge in [-0.25, -0.2) is 4.79 Å². The third-order valence-corrected chi connectivity index (χ3v) is 7.22. The number of piperidine rings is 1. The molecule has 0 saturated carbocycles. The Hall–Kier alpha value is -2.85. The molecule has 2 aromatic heterocycles. The molecule has 3 heterocycles. The number of rotatable bonds is 8. The number of amides is 2. The van der Waals surface area contributed by atoms with Crippen molar-refractivity contribution in [1.82, 2.24) is 15.0 Å². The highest BCUT2D eigenvalue weighted by atomic mass is 35.5. The molecular weight excluding hydrogens is 578 g/mol.